The van der Waals surface area contributed by atoms with Gasteiger partial charge in [0.1, 0.15) is 0 Å². The second-order valence-corrected chi connectivity index (χ2v) is 7.55. The van der Waals surface area contributed by atoms with Crippen LogP contribution in [-0.2, 0) is 16.1 Å². The van der Waals surface area contributed by atoms with Gasteiger partial charge in [-0.25, -0.2) is 4.99 Å². The second-order valence-electron chi connectivity index (χ2n) is 7.55. The van der Waals surface area contributed by atoms with E-state index < -0.39 is 0 Å². The molecule has 0 spiro atoms. The molecule has 1 unspecified atom stereocenters. The number of nitrogens with zero attached hydrogens (tertiary/aromatic N) is 3. The lowest BCUT2D eigenvalue weighted by molar-refractivity contribution is -0.123. The molecule has 1 aromatic rings. The van der Waals surface area contributed by atoms with E-state index in [9.17, 15) is 9.59 Å². The highest BCUT2D eigenvalue weighted by molar-refractivity contribution is 5.97. The van der Waals surface area contributed by atoms with E-state index in [2.05, 4.69) is 29.5 Å². The van der Waals surface area contributed by atoms with Crippen LogP contribution in [0.15, 0.2) is 29.3 Å². The Morgan fingerprint density at radius 3 is 2.83 bits per heavy atom. The summed E-state index contributed by atoms with van der Waals surface area (Å²) < 4.78 is 5.47. The summed E-state index contributed by atoms with van der Waals surface area (Å²) in [6.45, 7) is 7.15. The predicted octanol–water partition coefficient (Wildman–Crippen LogP) is 0.692. The Hall–Kier alpha value is -2.61. The van der Waals surface area contributed by atoms with E-state index in [4.69, 9.17) is 9.73 Å². The molecule has 2 heterocycles. The molecule has 3 rings (SSSR count). The van der Waals surface area contributed by atoms with E-state index >= 15 is 0 Å². The first-order valence-corrected chi connectivity index (χ1v) is 10.3. The first-order valence-electron chi connectivity index (χ1n) is 10.3. The van der Waals surface area contributed by atoms with Crippen molar-refractivity contribution in [1.29, 1.82) is 0 Å². The number of piperazine rings is 1. The molecule has 2 amide bonds. The van der Waals surface area contributed by atoms with Crippen molar-refractivity contribution in [2.75, 3.05) is 53.0 Å². The molecule has 29 heavy (non-hydrogen) atoms. The molecule has 2 N–H and O–H groups in total. The summed E-state index contributed by atoms with van der Waals surface area (Å²) >= 11 is 0. The third-order valence-electron chi connectivity index (χ3n) is 5.19. The first-order chi connectivity index (χ1) is 14.1. The number of nitrogens with one attached hydrogen (secondary N) is 2. The Bertz CT molecular complexity index is 728. The van der Waals surface area contributed by atoms with Gasteiger partial charge >= 0.3 is 0 Å². The molecule has 0 aromatic heterocycles. The molecule has 8 heteroatoms. The quantitative estimate of drug-likeness (QED) is 0.541. The van der Waals surface area contributed by atoms with E-state index in [0.717, 1.165) is 44.2 Å². The number of ether oxygens (including phenoxy) is 1. The van der Waals surface area contributed by atoms with Gasteiger partial charge in [-0.1, -0.05) is 12.1 Å². The van der Waals surface area contributed by atoms with Crippen molar-refractivity contribution in [3.05, 3.63) is 35.4 Å². The Balaban J connectivity index is 1.59. The predicted molar refractivity (Wildman–Crippen MR) is 112 cm³/mol. The largest absolute Gasteiger partial charge is 0.381 e. The number of benzene rings is 1. The zero-order chi connectivity index (χ0) is 20.6. The number of hydrogen-bond donors (Lipinski definition) is 2. The van der Waals surface area contributed by atoms with Crippen LogP contribution in [0.4, 0.5) is 0 Å². The minimum atomic E-state index is -0.111. The minimum Gasteiger partial charge on any atom is -0.381 e. The zero-order valence-corrected chi connectivity index (χ0v) is 17.3. The van der Waals surface area contributed by atoms with Gasteiger partial charge in [0.15, 0.2) is 5.96 Å². The van der Waals surface area contributed by atoms with Crippen molar-refractivity contribution in [2.45, 2.75) is 19.9 Å². The van der Waals surface area contributed by atoms with Gasteiger partial charge in [0.05, 0.1) is 19.7 Å². The van der Waals surface area contributed by atoms with Crippen LogP contribution in [0.25, 0.3) is 0 Å². The SMILES string of the molecule is CCNC(=NCc1ccc(C(=O)N2CCNC(=O)C2)cc1)N(C)CC1CCOC1. The highest BCUT2D eigenvalue weighted by Crippen LogP contribution is 2.14. The lowest BCUT2D eigenvalue weighted by atomic mass is 10.1. The highest BCUT2D eigenvalue weighted by Gasteiger charge is 2.22. The molecule has 2 fully saturated rings. The van der Waals surface area contributed by atoms with Crippen LogP contribution in [0.1, 0.15) is 29.3 Å². The van der Waals surface area contributed by atoms with Gasteiger partial charge in [-0.2, -0.15) is 0 Å². The summed E-state index contributed by atoms with van der Waals surface area (Å²) in [7, 11) is 2.05. The number of aliphatic imine (C=N–C) groups is 1. The van der Waals surface area contributed by atoms with Crippen LogP contribution in [-0.4, -0.2) is 80.6 Å². The smallest absolute Gasteiger partial charge is 0.254 e. The van der Waals surface area contributed by atoms with Gasteiger partial charge < -0.3 is 25.2 Å². The van der Waals surface area contributed by atoms with E-state index in [1.807, 2.05) is 24.3 Å². The zero-order valence-electron chi connectivity index (χ0n) is 17.3. The number of carbonyl (C=O) groups is 2. The minimum absolute atomic E-state index is 0.109. The first kappa shape index (κ1) is 21.1. The summed E-state index contributed by atoms with van der Waals surface area (Å²) in [6.07, 6.45) is 1.10. The monoisotopic (exact) mass is 401 g/mol. The molecule has 0 bridgehead atoms. The van der Waals surface area contributed by atoms with Crippen molar-refractivity contribution in [3.8, 4) is 0 Å². The fourth-order valence-electron chi connectivity index (χ4n) is 3.58. The molecule has 2 saturated heterocycles. The van der Waals surface area contributed by atoms with Crippen molar-refractivity contribution in [2.24, 2.45) is 10.9 Å². The molecule has 8 nitrogen and oxygen atoms in total. The van der Waals surface area contributed by atoms with Crippen molar-refractivity contribution in [3.63, 3.8) is 0 Å². The second kappa shape index (κ2) is 10.2. The van der Waals surface area contributed by atoms with E-state index in [0.29, 0.717) is 31.1 Å². The summed E-state index contributed by atoms with van der Waals surface area (Å²) in [5.41, 5.74) is 1.63. The molecule has 1 aromatic carbocycles. The lowest BCUT2D eigenvalue weighted by Gasteiger charge is -2.26. The molecule has 2 aliphatic heterocycles. The fraction of sp³-hybridized carbons (Fsp3) is 0.571. The number of guanidine groups is 1. The van der Waals surface area contributed by atoms with Gasteiger partial charge in [-0.15, -0.1) is 0 Å². The third kappa shape index (κ3) is 5.93. The van der Waals surface area contributed by atoms with Gasteiger partial charge in [0, 0.05) is 51.3 Å². The molecule has 0 radical (unpaired) electrons. The average Bonchev–Trinajstić information content (AvgIpc) is 3.24. The molecule has 158 valence electrons. The highest BCUT2D eigenvalue weighted by atomic mass is 16.5. The Labute approximate surface area is 172 Å². The standard InChI is InChI=1S/C21H31N5O3/c1-3-22-21(25(2)13-17-8-11-29-15-17)24-12-16-4-6-18(7-5-16)20(28)26-10-9-23-19(27)14-26/h4-7,17H,3,8-15H2,1-2H3,(H,22,24)(H,23,27). The van der Waals surface area contributed by atoms with Crippen LogP contribution < -0.4 is 10.6 Å². The molecular formula is C21H31N5O3. The Morgan fingerprint density at radius 1 is 1.38 bits per heavy atom. The summed E-state index contributed by atoms with van der Waals surface area (Å²) in [6, 6.07) is 7.47. The number of carbonyl (C=O) groups excluding carboxylic acids is 2. The summed E-state index contributed by atoms with van der Waals surface area (Å²) in [4.78, 5) is 32.5. The van der Waals surface area contributed by atoms with Gasteiger partial charge in [0.2, 0.25) is 5.91 Å². The van der Waals surface area contributed by atoms with Gasteiger partial charge in [-0.3, -0.25) is 9.59 Å². The maximum atomic E-state index is 12.6. The van der Waals surface area contributed by atoms with E-state index in [1.165, 1.54) is 0 Å². The Morgan fingerprint density at radius 2 is 2.17 bits per heavy atom. The molecule has 2 aliphatic rings. The number of amides is 2. The van der Waals surface area contributed by atoms with Gasteiger partial charge in [0.25, 0.3) is 5.91 Å². The molecule has 0 saturated carbocycles. The van der Waals surface area contributed by atoms with Crippen LogP contribution in [0.3, 0.4) is 0 Å². The van der Waals surface area contributed by atoms with Crippen molar-refractivity contribution >= 4 is 17.8 Å². The van der Waals surface area contributed by atoms with Gasteiger partial charge in [-0.05, 0) is 31.0 Å². The van der Waals surface area contributed by atoms with Crippen LogP contribution >= 0.6 is 0 Å². The van der Waals surface area contributed by atoms with Crippen molar-refractivity contribution < 1.29 is 14.3 Å². The molecule has 1 atom stereocenters. The average molecular weight is 402 g/mol. The fourth-order valence-corrected chi connectivity index (χ4v) is 3.58. The topological polar surface area (TPSA) is 86.3 Å². The number of hydrogen-bond acceptors (Lipinski definition) is 4. The lowest BCUT2D eigenvalue weighted by Crippen LogP contribution is -2.49. The molecule has 0 aliphatic carbocycles. The summed E-state index contributed by atoms with van der Waals surface area (Å²) in [5.74, 6) is 1.20. The number of rotatable bonds is 6. The van der Waals surface area contributed by atoms with E-state index in [1.54, 1.807) is 4.90 Å². The normalized spacial score (nSPS) is 19.8. The maximum Gasteiger partial charge on any atom is 0.254 e. The van der Waals surface area contributed by atoms with Crippen molar-refractivity contribution in [1.82, 2.24) is 20.4 Å². The maximum absolute atomic E-state index is 12.6. The van der Waals surface area contributed by atoms with E-state index in [-0.39, 0.29) is 18.4 Å². The third-order valence-corrected chi connectivity index (χ3v) is 5.19. The van der Waals surface area contributed by atoms with Crippen LogP contribution in [0.5, 0.6) is 0 Å². The van der Waals surface area contributed by atoms with Crippen LogP contribution in [0.2, 0.25) is 0 Å². The summed E-state index contributed by atoms with van der Waals surface area (Å²) in [5, 5.41) is 6.07. The van der Waals surface area contributed by atoms with Crippen LogP contribution in [0, 0.1) is 5.92 Å². The Kier molecular flexibility index (Phi) is 7.46. The molecular weight excluding hydrogens is 370 g/mol.